The van der Waals surface area contributed by atoms with Crippen LogP contribution in [0.15, 0.2) is 24.3 Å². The van der Waals surface area contributed by atoms with E-state index in [9.17, 15) is 14.4 Å². The topological polar surface area (TPSA) is 86.7 Å². The van der Waals surface area contributed by atoms with Crippen molar-refractivity contribution >= 4 is 17.8 Å². The van der Waals surface area contributed by atoms with Crippen LogP contribution in [-0.2, 0) is 16.0 Å². The molecule has 0 aliphatic carbocycles. The first kappa shape index (κ1) is 16.0. The van der Waals surface area contributed by atoms with Gasteiger partial charge in [0, 0.05) is 26.1 Å². The first-order chi connectivity index (χ1) is 10.5. The van der Waals surface area contributed by atoms with Crippen molar-refractivity contribution in [3.8, 4) is 0 Å². The number of likely N-dealkylation sites (tertiary alicyclic amines) is 1. The van der Waals surface area contributed by atoms with Crippen LogP contribution in [0, 0.1) is 5.92 Å². The van der Waals surface area contributed by atoms with Crippen LogP contribution in [0.5, 0.6) is 0 Å². The molecule has 1 atom stereocenters. The standard InChI is InChI=1S/C16H20N2O4/c1-2-18-10-13(9-14(18)19)15(20)17-8-7-11-3-5-12(6-4-11)16(21)22/h3-6,13H,2,7-10H2,1H3,(H,17,20)(H,21,22). The average Bonchev–Trinajstić information content (AvgIpc) is 2.89. The van der Waals surface area contributed by atoms with Crippen molar-refractivity contribution in [3.05, 3.63) is 35.4 Å². The minimum absolute atomic E-state index is 0.0342. The van der Waals surface area contributed by atoms with Gasteiger partial charge in [-0.2, -0.15) is 0 Å². The number of carboxylic acid groups (broad SMARTS) is 1. The van der Waals surface area contributed by atoms with Gasteiger partial charge in [-0.3, -0.25) is 9.59 Å². The summed E-state index contributed by atoms with van der Waals surface area (Å²) >= 11 is 0. The number of carboxylic acids is 1. The van der Waals surface area contributed by atoms with Crippen LogP contribution < -0.4 is 5.32 Å². The Morgan fingerprint density at radius 2 is 2.00 bits per heavy atom. The van der Waals surface area contributed by atoms with Crippen molar-refractivity contribution in [2.45, 2.75) is 19.8 Å². The van der Waals surface area contributed by atoms with Gasteiger partial charge in [0.15, 0.2) is 0 Å². The molecule has 1 aromatic carbocycles. The third kappa shape index (κ3) is 3.84. The number of hydrogen-bond donors (Lipinski definition) is 2. The summed E-state index contributed by atoms with van der Waals surface area (Å²) in [6.07, 6.45) is 0.913. The Kier molecular flexibility index (Phi) is 5.14. The zero-order valence-corrected chi connectivity index (χ0v) is 12.5. The van der Waals surface area contributed by atoms with Gasteiger partial charge in [0.05, 0.1) is 11.5 Å². The predicted molar refractivity (Wildman–Crippen MR) is 80.5 cm³/mol. The number of carbonyl (C=O) groups is 3. The second kappa shape index (κ2) is 7.06. The van der Waals surface area contributed by atoms with Gasteiger partial charge in [-0.05, 0) is 31.0 Å². The van der Waals surface area contributed by atoms with E-state index < -0.39 is 5.97 Å². The lowest BCUT2D eigenvalue weighted by molar-refractivity contribution is -0.128. The molecular formula is C16H20N2O4. The third-order valence-electron chi connectivity index (χ3n) is 3.88. The molecule has 0 radical (unpaired) electrons. The Hall–Kier alpha value is -2.37. The van der Waals surface area contributed by atoms with Gasteiger partial charge in [0.25, 0.3) is 0 Å². The van der Waals surface area contributed by atoms with Gasteiger partial charge in [-0.1, -0.05) is 12.1 Å². The maximum atomic E-state index is 12.0. The number of carbonyl (C=O) groups excluding carboxylic acids is 2. The molecule has 0 bridgehead atoms. The highest BCUT2D eigenvalue weighted by Crippen LogP contribution is 2.17. The maximum Gasteiger partial charge on any atom is 0.335 e. The summed E-state index contributed by atoms with van der Waals surface area (Å²) < 4.78 is 0. The van der Waals surface area contributed by atoms with Crippen molar-refractivity contribution in [2.75, 3.05) is 19.6 Å². The first-order valence-corrected chi connectivity index (χ1v) is 7.39. The van der Waals surface area contributed by atoms with Crippen LogP contribution >= 0.6 is 0 Å². The average molecular weight is 304 g/mol. The number of nitrogens with zero attached hydrogens (tertiary/aromatic N) is 1. The van der Waals surface area contributed by atoms with E-state index in [1.54, 1.807) is 29.2 Å². The van der Waals surface area contributed by atoms with Crippen molar-refractivity contribution in [1.29, 1.82) is 0 Å². The first-order valence-electron chi connectivity index (χ1n) is 7.39. The normalized spacial score (nSPS) is 17.6. The highest BCUT2D eigenvalue weighted by Gasteiger charge is 2.32. The van der Waals surface area contributed by atoms with E-state index in [1.165, 1.54) is 0 Å². The minimum Gasteiger partial charge on any atom is -0.478 e. The van der Waals surface area contributed by atoms with Gasteiger partial charge < -0.3 is 15.3 Å². The Morgan fingerprint density at radius 1 is 1.32 bits per heavy atom. The Balaban J connectivity index is 1.77. The second-order valence-corrected chi connectivity index (χ2v) is 5.38. The molecule has 1 aliphatic heterocycles. The number of benzene rings is 1. The fourth-order valence-corrected chi connectivity index (χ4v) is 2.54. The van der Waals surface area contributed by atoms with Gasteiger partial charge in [0.2, 0.25) is 11.8 Å². The summed E-state index contributed by atoms with van der Waals surface area (Å²) in [5, 5.41) is 11.7. The molecule has 1 fully saturated rings. The number of nitrogens with one attached hydrogen (secondary N) is 1. The van der Waals surface area contributed by atoms with E-state index in [1.807, 2.05) is 6.92 Å². The smallest absolute Gasteiger partial charge is 0.335 e. The summed E-state index contributed by atoms with van der Waals surface area (Å²) in [7, 11) is 0. The maximum absolute atomic E-state index is 12.0. The zero-order chi connectivity index (χ0) is 16.1. The monoisotopic (exact) mass is 304 g/mol. The molecule has 0 aromatic heterocycles. The lowest BCUT2D eigenvalue weighted by Gasteiger charge is -2.13. The van der Waals surface area contributed by atoms with Crippen LogP contribution in [0.3, 0.4) is 0 Å². The van der Waals surface area contributed by atoms with Crippen molar-refractivity contribution in [3.63, 3.8) is 0 Å². The summed E-state index contributed by atoms with van der Waals surface area (Å²) in [6.45, 7) is 3.51. The molecule has 1 unspecified atom stereocenters. The molecular weight excluding hydrogens is 284 g/mol. The molecule has 2 rings (SSSR count). The molecule has 6 heteroatoms. The van der Waals surface area contributed by atoms with Crippen LogP contribution in [0.1, 0.15) is 29.3 Å². The van der Waals surface area contributed by atoms with Gasteiger partial charge >= 0.3 is 5.97 Å². The summed E-state index contributed by atoms with van der Waals surface area (Å²) in [5.41, 5.74) is 1.21. The second-order valence-electron chi connectivity index (χ2n) is 5.38. The highest BCUT2D eigenvalue weighted by molar-refractivity contribution is 5.89. The number of aromatic carboxylic acids is 1. The third-order valence-corrected chi connectivity index (χ3v) is 3.88. The molecule has 2 amide bonds. The van der Waals surface area contributed by atoms with Gasteiger partial charge in [-0.25, -0.2) is 4.79 Å². The van der Waals surface area contributed by atoms with E-state index in [2.05, 4.69) is 5.32 Å². The molecule has 0 saturated carbocycles. The molecule has 118 valence electrons. The fourth-order valence-electron chi connectivity index (χ4n) is 2.54. The Bertz CT molecular complexity index is 568. The van der Waals surface area contributed by atoms with E-state index in [4.69, 9.17) is 5.11 Å². The Morgan fingerprint density at radius 3 is 2.55 bits per heavy atom. The lowest BCUT2D eigenvalue weighted by Crippen LogP contribution is -2.34. The van der Waals surface area contributed by atoms with Crippen LogP contribution in [0.4, 0.5) is 0 Å². The van der Waals surface area contributed by atoms with Gasteiger partial charge in [-0.15, -0.1) is 0 Å². The molecule has 22 heavy (non-hydrogen) atoms. The van der Waals surface area contributed by atoms with Crippen molar-refractivity contribution in [2.24, 2.45) is 5.92 Å². The van der Waals surface area contributed by atoms with Gasteiger partial charge in [0.1, 0.15) is 0 Å². The number of hydrogen-bond acceptors (Lipinski definition) is 3. The molecule has 6 nitrogen and oxygen atoms in total. The highest BCUT2D eigenvalue weighted by atomic mass is 16.4. The quantitative estimate of drug-likeness (QED) is 0.818. The number of amides is 2. The minimum atomic E-state index is -0.953. The van der Waals surface area contributed by atoms with E-state index in [0.29, 0.717) is 26.1 Å². The molecule has 1 saturated heterocycles. The lowest BCUT2D eigenvalue weighted by atomic mass is 10.1. The summed E-state index contributed by atoms with van der Waals surface area (Å²) in [5.74, 6) is -1.27. The number of rotatable bonds is 6. The molecule has 1 heterocycles. The molecule has 0 spiro atoms. The van der Waals surface area contributed by atoms with E-state index in [-0.39, 0.29) is 29.7 Å². The van der Waals surface area contributed by atoms with E-state index in [0.717, 1.165) is 5.56 Å². The SMILES string of the molecule is CCN1CC(C(=O)NCCc2ccc(C(=O)O)cc2)CC1=O. The predicted octanol–water partition coefficient (Wildman–Crippen LogP) is 0.912. The molecule has 1 aliphatic rings. The van der Waals surface area contributed by atoms with Crippen molar-refractivity contribution in [1.82, 2.24) is 10.2 Å². The largest absolute Gasteiger partial charge is 0.478 e. The zero-order valence-electron chi connectivity index (χ0n) is 12.5. The van der Waals surface area contributed by atoms with Crippen LogP contribution in [-0.4, -0.2) is 47.4 Å². The van der Waals surface area contributed by atoms with Crippen LogP contribution in [0.25, 0.3) is 0 Å². The Labute approximate surface area is 129 Å². The summed E-state index contributed by atoms with van der Waals surface area (Å²) in [6, 6.07) is 6.59. The molecule has 1 aromatic rings. The molecule has 2 N–H and O–H groups in total. The fraction of sp³-hybridized carbons (Fsp3) is 0.438. The van der Waals surface area contributed by atoms with Crippen molar-refractivity contribution < 1.29 is 19.5 Å². The van der Waals surface area contributed by atoms with Crippen LogP contribution in [0.2, 0.25) is 0 Å². The van der Waals surface area contributed by atoms with E-state index >= 15 is 0 Å². The summed E-state index contributed by atoms with van der Waals surface area (Å²) in [4.78, 5) is 36.1.